The number of fused-ring (bicyclic) bond motifs is 2. The molecule has 3 nitrogen and oxygen atoms in total. The zero-order valence-electron chi connectivity index (χ0n) is 10.1. The van der Waals surface area contributed by atoms with Gasteiger partial charge in [-0.1, -0.05) is 6.42 Å². The molecule has 16 heavy (non-hydrogen) atoms. The molecule has 2 bridgehead atoms. The van der Waals surface area contributed by atoms with E-state index in [1.54, 1.807) is 6.92 Å². The van der Waals surface area contributed by atoms with E-state index < -0.39 is 9.84 Å². The van der Waals surface area contributed by atoms with Gasteiger partial charge in [0.1, 0.15) is 0 Å². The van der Waals surface area contributed by atoms with Crippen molar-refractivity contribution in [2.75, 3.05) is 12.3 Å². The third kappa shape index (κ3) is 2.43. The van der Waals surface area contributed by atoms with Gasteiger partial charge in [0.15, 0.2) is 9.84 Å². The fourth-order valence-corrected chi connectivity index (χ4v) is 5.29. The first-order valence-corrected chi connectivity index (χ1v) is 8.16. The van der Waals surface area contributed by atoms with Gasteiger partial charge in [-0.15, -0.1) is 0 Å². The molecule has 2 fully saturated rings. The van der Waals surface area contributed by atoms with Crippen molar-refractivity contribution in [1.82, 2.24) is 0 Å². The molecule has 4 unspecified atom stereocenters. The molecule has 4 heteroatoms. The Kier molecular flexibility index (Phi) is 3.59. The fourth-order valence-electron chi connectivity index (χ4n) is 3.46. The van der Waals surface area contributed by atoms with E-state index in [0.717, 1.165) is 12.3 Å². The standard InChI is InChI=1S/C12H23NO2S/c1-9(4-5-13)16(14,15)8-12-7-10-2-3-11(12)6-10/h9-12H,2-8,13H2,1H3. The van der Waals surface area contributed by atoms with Gasteiger partial charge >= 0.3 is 0 Å². The molecule has 0 saturated heterocycles. The summed E-state index contributed by atoms with van der Waals surface area (Å²) in [6, 6.07) is 0. The maximum atomic E-state index is 12.1. The van der Waals surface area contributed by atoms with Crippen LogP contribution >= 0.6 is 0 Å². The van der Waals surface area contributed by atoms with Crippen LogP contribution in [-0.2, 0) is 9.84 Å². The van der Waals surface area contributed by atoms with Crippen molar-refractivity contribution in [1.29, 1.82) is 0 Å². The Morgan fingerprint density at radius 1 is 1.31 bits per heavy atom. The summed E-state index contributed by atoms with van der Waals surface area (Å²) in [6.07, 6.45) is 5.63. The topological polar surface area (TPSA) is 60.2 Å². The highest BCUT2D eigenvalue weighted by Gasteiger charge is 2.41. The molecule has 2 saturated carbocycles. The van der Waals surface area contributed by atoms with E-state index in [1.807, 2.05) is 0 Å². The van der Waals surface area contributed by atoms with Crippen molar-refractivity contribution in [2.45, 2.75) is 44.3 Å². The van der Waals surface area contributed by atoms with Crippen LogP contribution in [0.1, 0.15) is 39.0 Å². The summed E-state index contributed by atoms with van der Waals surface area (Å²) in [4.78, 5) is 0. The summed E-state index contributed by atoms with van der Waals surface area (Å²) < 4.78 is 24.2. The smallest absolute Gasteiger partial charge is 0.153 e. The molecule has 0 aliphatic heterocycles. The third-order valence-electron chi connectivity index (χ3n) is 4.52. The van der Waals surface area contributed by atoms with Gasteiger partial charge in [0.05, 0.1) is 11.0 Å². The summed E-state index contributed by atoms with van der Waals surface area (Å²) in [7, 11) is -2.91. The SMILES string of the molecule is CC(CCN)S(=O)(=O)CC1CC2CCC1C2. The Balaban J connectivity index is 1.94. The van der Waals surface area contributed by atoms with Crippen LogP contribution in [0.2, 0.25) is 0 Å². The number of hydrogen-bond acceptors (Lipinski definition) is 3. The van der Waals surface area contributed by atoms with Gasteiger partial charge in [-0.05, 0) is 56.9 Å². The van der Waals surface area contributed by atoms with Gasteiger partial charge in [0.2, 0.25) is 0 Å². The first-order chi connectivity index (χ1) is 7.53. The molecule has 0 amide bonds. The van der Waals surface area contributed by atoms with E-state index in [4.69, 9.17) is 5.73 Å². The normalized spacial score (nSPS) is 35.5. The van der Waals surface area contributed by atoms with Crippen LogP contribution < -0.4 is 5.73 Å². The van der Waals surface area contributed by atoms with Crippen molar-refractivity contribution in [3.63, 3.8) is 0 Å². The van der Waals surface area contributed by atoms with Crippen LogP contribution in [-0.4, -0.2) is 26.0 Å². The molecular weight excluding hydrogens is 222 g/mol. The first-order valence-electron chi connectivity index (χ1n) is 6.44. The minimum Gasteiger partial charge on any atom is -0.330 e. The van der Waals surface area contributed by atoms with E-state index >= 15 is 0 Å². The average Bonchev–Trinajstić information content (AvgIpc) is 2.78. The lowest BCUT2D eigenvalue weighted by molar-refractivity contribution is 0.359. The van der Waals surface area contributed by atoms with E-state index in [2.05, 4.69) is 0 Å². The molecule has 0 spiro atoms. The second kappa shape index (κ2) is 4.65. The Morgan fingerprint density at radius 2 is 2.06 bits per heavy atom. The Hall–Kier alpha value is -0.0900. The monoisotopic (exact) mass is 245 g/mol. The van der Waals surface area contributed by atoms with Crippen LogP contribution in [0.3, 0.4) is 0 Å². The number of sulfone groups is 1. The Bertz CT molecular complexity index is 339. The van der Waals surface area contributed by atoms with Crippen molar-refractivity contribution < 1.29 is 8.42 Å². The van der Waals surface area contributed by atoms with Crippen molar-refractivity contribution >= 4 is 9.84 Å². The molecule has 2 aliphatic carbocycles. The maximum Gasteiger partial charge on any atom is 0.153 e. The predicted octanol–water partition coefficient (Wildman–Crippen LogP) is 1.57. The van der Waals surface area contributed by atoms with E-state index in [9.17, 15) is 8.42 Å². The highest BCUT2D eigenvalue weighted by atomic mass is 32.2. The quantitative estimate of drug-likeness (QED) is 0.800. The largest absolute Gasteiger partial charge is 0.330 e. The maximum absolute atomic E-state index is 12.1. The van der Waals surface area contributed by atoms with E-state index in [0.29, 0.717) is 30.6 Å². The van der Waals surface area contributed by atoms with Gasteiger partial charge in [0.25, 0.3) is 0 Å². The van der Waals surface area contributed by atoms with Crippen LogP contribution in [0.5, 0.6) is 0 Å². The summed E-state index contributed by atoms with van der Waals surface area (Å²) in [5.41, 5.74) is 5.43. The molecule has 0 heterocycles. The van der Waals surface area contributed by atoms with Gasteiger partial charge < -0.3 is 5.73 Å². The molecule has 2 N–H and O–H groups in total. The molecule has 4 atom stereocenters. The highest BCUT2D eigenvalue weighted by molar-refractivity contribution is 7.92. The van der Waals surface area contributed by atoms with Gasteiger partial charge in [-0.25, -0.2) is 8.42 Å². The lowest BCUT2D eigenvalue weighted by atomic mass is 9.90. The average molecular weight is 245 g/mol. The Morgan fingerprint density at radius 3 is 2.56 bits per heavy atom. The molecule has 2 aliphatic rings. The minimum absolute atomic E-state index is 0.253. The fraction of sp³-hybridized carbons (Fsp3) is 1.00. The summed E-state index contributed by atoms with van der Waals surface area (Å²) >= 11 is 0. The summed E-state index contributed by atoms with van der Waals surface area (Å²) in [5, 5.41) is -0.253. The predicted molar refractivity (Wildman–Crippen MR) is 65.9 cm³/mol. The molecular formula is C12H23NO2S. The molecule has 94 valence electrons. The van der Waals surface area contributed by atoms with Gasteiger partial charge in [-0.2, -0.15) is 0 Å². The van der Waals surface area contributed by atoms with Gasteiger partial charge in [-0.3, -0.25) is 0 Å². The first kappa shape index (κ1) is 12.4. The van der Waals surface area contributed by atoms with Crippen LogP contribution in [0.4, 0.5) is 0 Å². The molecule has 2 rings (SSSR count). The number of nitrogens with two attached hydrogens (primary N) is 1. The van der Waals surface area contributed by atoms with Crippen LogP contribution in [0.15, 0.2) is 0 Å². The lowest BCUT2D eigenvalue weighted by Gasteiger charge is -2.23. The molecule has 0 radical (unpaired) electrons. The number of rotatable bonds is 5. The minimum atomic E-state index is -2.91. The highest BCUT2D eigenvalue weighted by Crippen LogP contribution is 2.48. The number of hydrogen-bond donors (Lipinski definition) is 1. The van der Waals surface area contributed by atoms with E-state index in [-0.39, 0.29) is 5.25 Å². The van der Waals surface area contributed by atoms with Crippen molar-refractivity contribution in [2.24, 2.45) is 23.5 Å². The van der Waals surface area contributed by atoms with Crippen molar-refractivity contribution in [3.05, 3.63) is 0 Å². The molecule has 0 aromatic heterocycles. The molecule has 0 aromatic rings. The van der Waals surface area contributed by atoms with Gasteiger partial charge in [0, 0.05) is 0 Å². The zero-order valence-corrected chi connectivity index (χ0v) is 10.9. The molecule has 0 aromatic carbocycles. The summed E-state index contributed by atoms with van der Waals surface area (Å²) in [5.74, 6) is 2.39. The third-order valence-corrected chi connectivity index (χ3v) is 6.87. The second-order valence-corrected chi connectivity index (χ2v) is 8.12. The van der Waals surface area contributed by atoms with Crippen LogP contribution in [0, 0.1) is 17.8 Å². The zero-order chi connectivity index (χ0) is 11.8. The lowest BCUT2D eigenvalue weighted by Crippen LogP contribution is -2.29. The second-order valence-electron chi connectivity index (χ2n) is 5.65. The van der Waals surface area contributed by atoms with Crippen molar-refractivity contribution in [3.8, 4) is 0 Å². The Labute approximate surface area is 98.7 Å². The van der Waals surface area contributed by atoms with E-state index in [1.165, 1.54) is 19.3 Å². The summed E-state index contributed by atoms with van der Waals surface area (Å²) in [6.45, 7) is 2.27. The van der Waals surface area contributed by atoms with Crippen LogP contribution in [0.25, 0.3) is 0 Å².